The van der Waals surface area contributed by atoms with Crippen molar-refractivity contribution in [1.29, 1.82) is 0 Å². The summed E-state index contributed by atoms with van der Waals surface area (Å²) in [6.07, 6.45) is 0.887. The zero-order chi connectivity index (χ0) is 14.2. The summed E-state index contributed by atoms with van der Waals surface area (Å²) < 4.78 is 4.11. The summed E-state index contributed by atoms with van der Waals surface area (Å²) in [5.74, 6) is 0.932. The fourth-order valence-electron chi connectivity index (χ4n) is 2.32. The van der Waals surface area contributed by atoms with Gasteiger partial charge in [-0.2, -0.15) is 5.10 Å². The fourth-order valence-corrected chi connectivity index (χ4v) is 2.49. The lowest BCUT2D eigenvalue weighted by Gasteiger charge is -2.14. The molecule has 0 saturated heterocycles. The number of fused-ring (bicyclic) bond motifs is 1. The Morgan fingerprint density at radius 3 is 2.58 bits per heavy atom. The van der Waals surface area contributed by atoms with E-state index in [0.29, 0.717) is 0 Å². The number of aromatic nitrogens is 4. The van der Waals surface area contributed by atoms with E-state index in [1.807, 2.05) is 18.7 Å². The Labute approximate surface area is 119 Å². The molecule has 0 amide bonds. The summed E-state index contributed by atoms with van der Waals surface area (Å²) in [4.78, 5) is 6.87. The molecule has 1 unspecified atom stereocenters. The van der Waals surface area contributed by atoms with E-state index in [2.05, 4.69) is 35.6 Å². The highest BCUT2D eigenvalue weighted by Gasteiger charge is 2.20. The zero-order valence-electron chi connectivity index (χ0n) is 12.3. The number of hydrogen-bond donors (Lipinski definition) is 0. The van der Waals surface area contributed by atoms with Crippen LogP contribution in [0.1, 0.15) is 30.7 Å². The Morgan fingerprint density at radius 1 is 1.37 bits per heavy atom. The highest BCUT2D eigenvalue weighted by Crippen LogP contribution is 2.26. The van der Waals surface area contributed by atoms with Crippen molar-refractivity contribution < 1.29 is 0 Å². The molecule has 19 heavy (non-hydrogen) atoms. The average Bonchev–Trinajstić information content (AvgIpc) is 2.85. The minimum Gasteiger partial charge on any atom is -0.310 e. The van der Waals surface area contributed by atoms with E-state index in [1.54, 1.807) is 0 Å². The van der Waals surface area contributed by atoms with Crippen LogP contribution < -0.4 is 0 Å². The van der Waals surface area contributed by atoms with Crippen molar-refractivity contribution >= 4 is 22.8 Å². The summed E-state index contributed by atoms with van der Waals surface area (Å²) >= 11 is 6.27. The number of halogens is 1. The Morgan fingerprint density at radius 2 is 2.05 bits per heavy atom. The molecule has 2 aromatic rings. The number of rotatable bonds is 5. The summed E-state index contributed by atoms with van der Waals surface area (Å²) in [6, 6.07) is 0. The van der Waals surface area contributed by atoms with Crippen molar-refractivity contribution in [1.82, 2.24) is 24.2 Å². The van der Waals surface area contributed by atoms with Gasteiger partial charge in [-0.1, -0.05) is 6.92 Å². The van der Waals surface area contributed by atoms with Crippen molar-refractivity contribution in [2.45, 2.75) is 32.2 Å². The van der Waals surface area contributed by atoms with E-state index in [0.717, 1.165) is 42.2 Å². The Kier molecular flexibility index (Phi) is 4.16. The molecule has 0 bridgehead atoms. The standard InChI is InChI=1S/C13H22ClN5/c1-6-10-11-13(18(5)16-10)19(8-7-17(3)4)12(15-11)9(2)14/h9H,6-8H2,1-5H3. The monoisotopic (exact) mass is 283 g/mol. The molecule has 5 nitrogen and oxygen atoms in total. The van der Waals surface area contributed by atoms with Gasteiger partial charge in [0, 0.05) is 20.1 Å². The number of hydrogen-bond acceptors (Lipinski definition) is 3. The van der Waals surface area contributed by atoms with Gasteiger partial charge in [0.1, 0.15) is 11.3 Å². The van der Waals surface area contributed by atoms with Crippen molar-refractivity contribution in [2.24, 2.45) is 7.05 Å². The molecule has 6 heteroatoms. The van der Waals surface area contributed by atoms with Gasteiger partial charge < -0.3 is 9.47 Å². The van der Waals surface area contributed by atoms with E-state index in [-0.39, 0.29) is 5.38 Å². The van der Waals surface area contributed by atoms with E-state index < -0.39 is 0 Å². The van der Waals surface area contributed by atoms with Crippen molar-refractivity contribution in [3.63, 3.8) is 0 Å². The molecule has 1 atom stereocenters. The summed E-state index contributed by atoms with van der Waals surface area (Å²) in [6.45, 7) is 5.89. The number of nitrogens with zero attached hydrogens (tertiary/aromatic N) is 5. The first-order valence-corrected chi connectivity index (χ1v) is 7.10. The van der Waals surface area contributed by atoms with Gasteiger partial charge in [-0.05, 0) is 27.4 Å². The van der Waals surface area contributed by atoms with Crippen LogP contribution in [-0.2, 0) is 20.0 Å². The van der Waals surface area contributed by atoms with Crippen LogP contribution in [0.5, 0.6) is 0 Å². The van der Waals surface area contributed by atoms with Gasteiger partial charge in [0.2, 0.25) is 0 Å². The minimum atomic E-state index is -0.0979. The second-order valence-corrected chi connectivity index (χ2v) is 5.79. The SMILES string of the molecule is CCc1nn(C)c2c1nc(C(C)Cl)n2CCN(C)C. The van der Waals surface area contributed by atoms with Crippen molar-refractivity contribution in [2.75, 3.05) is 20.6 Å². The topological polar surface area (TPSA) is 38.9 Å². The summed E-state index contributed by atoms with van der Waals surface area (Å²) in [5, 5.41) is 4.44. The van der Waals surface area contributed by atoms with Crippen LogP contribution in [0.2, 0.25) is 0 Å². The minimum absolute atomic E-state index is 0.0979. The van der Waals surface area contributed by atoms with Gasteiger partial charge in [-0.25, -0.2) is 4.98 Å². The molecule has 0 aliphatic heterocycles. The van der Waals surface area contributed by atoms with E-state index in [9.17, 15) is 0 Å². The quantitative estimate of drug-likeness (QED) is 0.790. The first kappa shape index (κ1) is 14.3. The normalized spacial score (nSPS) is 13.6. The van der Waals surface area contributed by atoms with Gasteiger partial charge >= 0.3 is 0 Å². The van der Waals surface area contributed by atoms with Crippen molar-refractivity contribution in [3.05, 3.63) is 11.5 Å². The Bertz CT molecular complexity index is 567. The van der Waals surface area contributed by atoms with E-state index in [4.69, 9.17) is 16.6 Å². The van der Waals surface area contributed by atoms with Gasteiger partial charge in [-0.3, -0.25) is 4.68 Å². The first-order chi connectivity index (χ1) is 8.95. The average molecular weight is 284 g/mol. The second kappa shape index (κ2) is 5.51. The maximum absolute atomic E-state index is 6.27. The molecule has 0 fully saturated rings. The molecule has 0 radical (unpaired) electrons. The Hall–Kier alpha value is -1.07. The lowest BCUT2D eigenvalue weighted by molar-refractivity contribution is 0.382. The molecule has 0 aliphatic rings. The van der Waals surface area contributed by atoms with Gasteiger partial charge in [-0.15, -0.1) is 11.6 Å². The maximum Gasteiger partial charge on any atom is 0.158 e. The van der Waals surface area contributed by atoms with Crippen LogP contribution >= 0.6 is 11.6 Å². The molecular formula is C13H22ClN5. The lowest BCUT2D eigenvalue weighted by Crippen LogP contribution is -2.20. The van der Waals surface area contributed by atoms with Crippen LogP contribution in [0.3, 0.4) is 0 Å². The zero-order valence-corrected chi connectivity index (χ0v) is 13.1. The Balaban J connectivity index is 2.55. The van der Waals surface area contributed by atoms with Gasteiger partial charge in [0.25, 0.3) is 0 Å². The van der Waals surface area contributed by atoms with Crippen LogP contribution in [0.4, 0.5) is 0 Å². The van der Waals surface area contributed by atoms with Gasteiger partial charge in [0.15, 0.2) is 5.65 Å². The number of aryl methyl sites for hydroxylation is 2. The lowest BCUT2D eigenvalue weighted by atomic mass is 10.3. The highest BCUT2D eigenvalue weighted by molar-refractivity contribution is 6.20. The number of imidazole rings is 1. The predicted molar refractivity (Wildman–Crippen MR) is 78.7 cm³/mol. The predicted octanol–water partition coefficient (Wildman–Crippen LogP) is 2.19. The number of likely N-dealkylation sites (N-methyl/N-ethyl adjacent to an activating group) is 1. The van der Waals surface area contributed by atoms with Gasteiger partial charge in [0.05, 0.1) is 11.1 Å². The molecule has 2 heterocycles. The fraction of sp³-hybridized carbons (Fsp3) is 0.692. The molecule has 2 aromatic heterocycles. The van der Waals surface area contributed by atoms with Crippen LogP contribution in [0.25, 0.3) is 11.2 Å². The molecular weight excluding hydrogens is 262 g/mol. The molecule has 2 rings (SSSR count). The van der Waals surface area contributed by atoms with Crippen LogP contribution in [0.15, 0.2) is 0 Å². The summed E-state index contributed by atoms with van der Waals surface area (Å²) in [7, 11) is 6.11. The van der Waals surface area contributed by atoms with Crippen molar-refractivity contribution in [3.8, 4) is 0 Å². The van der Waals surface area contributed by atoms with Crippen LogP contribution in [0, 0.1) is 0 Å². The molecule has 0 N–H and O–H groups in total. The van der Waals surface area contributed by atoms with E-state index in [1.165, 1.54) is 0 Å². The molecule has 0 aromatic carbocycles. The third kappa shape index (κ3) is 2.62. The first-order valence-electron chi connectivity index (χ1n) is 6.66. The summed E-state index contributed by atoms with van der Waals surface area (Å²) in [5.41, 5.74) is 3.10. The molecule has 106 valence electrons. The molecule has 0 spiro atoms. The largest absolute Gasteiger partial charge is 0.310 e. The van der Waals surface area contributed by atoms with Crippen LogP contribution in [-0.4, -0.2) is 44.9 Å². The van der Waals surface area contributed by atoms with E-state index >= 15 is 0 Å². The second-order valence-electron chi connectivity index (χ2n) is 5.14. The third-order valence-electron chi connectivity index (χ3n) is 3.28. The third-order valence-corrected chi connectivity index (χ3v) is 3.48. The maximum atomic E-state index is 6.27. The molecule has 0 saturated carbocycles. The molecule has 0 aliphatic carbocycles. The number of alkyl halides is 1. The smallest absolute Gasteiger partial charge is 0.158 e. The highest BCUT2D eigenvalue weighted by atomic mass is 35.5.